The average Bonchev–Trinajstić information content (AvgIpc) is 2.71. The minimum Gasteiger partial charge on any atom is -0.380 e. The van der Waals surface area contributed by atoms with Crippen LogP contribution in [-0.4, -0.2) is 10.9 Å². The van der Waals surface area contributed by atoms with Gasteiger partial charge in [-0.25, -0.2) is 0 Å². The van der Waals surface area contributed by atoms with Gasteiger partial charge in [0, 0.05) is 30.3 Å². The van der Waals surface area contributed by atoms with Gasteiger partial charge in [0.25, 0.3) is 5.91 Å². The molecule has 3 aromatic rings. The number of pyridine rings is 1. The Morgan fingerprint density at radius 1 is 0.839 bits per heavy atom. The number of benzene rings is 2. The SMILES string of the molecule is O=C(Nc1cc(C(F)(F)F)cc(C(F)(F)F)c1)c1ccccc1NCc1ccncc1. The van der Waals surface area contributed by atoms with Crippen molar-refractivity contribution >= 4 is 17.3 Å². The number of halogens is 6. The Kier molecular flexibility index (Phi) is 6.19. The van der Waals surface area contributed by atoms with Gasteiger partial charge in [-0.1, -0.05) is 12.1 Å². The number of nitrogens with one attached hydrogen (secondary N) is 2. The molecule has 0 aliphatic carbocycles. The Bertz CT molecular complexity index is 1030. The molecular weight excluding hydrogens is 424 g/mol. The second-order valence-electron chi connectivity index (χ2n) is 6.50. The number of rotatable bonds is 5. The highest BCUT2D eigenvalue weighted by Gasteiger charge is 2.37. The summed E-state index contributed by atoms with van der Waals surface area (Å²) in [4.78, 5) is 16.5. The van der Waals surface area contributed by atoms with Crippen LogP contribution >= 0.6 is 0 Å². The molecule has 2 aromatic carbocycles. The Morgan fingerprint density at radius 3 is 2.00 bits per heavy atom. The lowest BCUT2D eigenvalue weighted by molar-refractivity contribution is -0.143. The van der Waals surface area contributed by atoms with Crippen molar-refractivity contribution in [1.29, 1.82) is 0 Å². The third-order valence-corrected chi connectivity index (χ3v) is 4.25. The van der Waals surface area contributed by atoms with Crippen molar-refractivity contribution in [1.82, 2.24) is 4.98 Å². The molecule has 0 atom stereocenters. The zero-order valence-electron chi connectivity index (χ0n) is 15.7. The lowest BCUT2D eigenvalue weighted by Crippen LogP contribution is -2.17. The van der Waals surface area contributed by atoms with Crippen molar-refractivity contribution in [2.45, 2.75) is 18.9 Å². The standard InChI is InChI=1S/C21H15F6N3O/c22-20(23,24)14-9-15(21(25,26)27)11-16(10-14)30-19(31)17-3-1-2-4-18(17)29-12-13-5-7-28-8-6-13/h1-11,29H,12H2,(H,30,31). The molecule has 0 bridgehead atoms. The predicted molar refractivity (Wildman–Crippen MR) is 102 cm³/mol. The van der Waals surface area contributed by atoms with Gasteiger partial charge in [-0.05, 0) is 48.0 Å². The molecule has 3 rings (SSSR count). The fraction of sp³-hybridized carbons (Fsp3) is 0.143. The molecule has 10 heteroatoms. The van der Waals surface area contributed by atoms with Crippen LogP contribution in [0.1, 0.15) is 27.0 Å². The number of amides is 1. The number of carbonyl (C=O) groups is 1. The summed E-state index contributed by atoms with van der Waals surface area (Å²) >= 11 is 0. The molecular formula is C21H15F6N3O. The van der Waals surface area contributed by atoms with Crippen LogP contribution in [0, 0.1) is 0 Å². The van der Waals surface area contributed by atoms with E-state index in [-0.39, 0.29) is 11.6 Å². The first-order valence-electron chi connectivity index (χ1n) is 8.86. The molecule has 0 fully saturated rings. The van der Waals surface area contributed by atoms with E-state index in [0.29, 0.717) is 24.4 Å². The molecule has 1 aromatic heterocycles. The third-order valence-electron chi connectivity index (χ3n) is 4.25. The fourth-order valence-electron chi connectivity index (χ4n) is 2.76. The second-order valence-corrected chi connectivity index (χ2v) is 6.50. The van der Waals surface area contributed by atoms with Crippen molar-refractivity contribution in [3.63, 3.8) is 0 Å². The number of aromatic nitrogens is 1. The van der Waals surface area contributed by atoms with Gasteiger partial charge in [0.15, 0.2) is 0 Å². The van der Waals surface area contributed by atoms with Crippen LogP contribution < -0.4 is 10.6 Å². The van der Waals surface area contributed by atoms with Crippen molar-refractivity contribution in [3.05, 3.63) is 89.2 Å². The molecule has 0 saturated heterocycles. The van der Waals surface area contributed by atoms with E-state index in [9.17, 15) is 31.1 Å². The molecule has 31 heavy (non-hydrogen) atoms. The van der Waals surface area contributed by atoms with Gasteiger partial charge in [-0.15, -0.1) is 0 Å². The summed E-state index contributed by atoms with van der Waals surface area (Å²) in [5.41, 5.74) is -2.36. The molecule has 0 aliphatic heterocycles. The number of hydrogen-bond acceptors (Lipinski definition) is 3. The Balaban J connectivity index is 1.86. The third kappa shape index (κ3) is 5.74. The van der Waals surface area contributed by atoms with Crippen LogP contribution in [0.3, 0.4) is 0 Å². The van der Waals surface area contributed by atoms with Crippen LogP contribution in [0.15, 0.2) is 67.0 Å². The van der Waals surface area contributed by atoms with Gasteiger partial charge in [0.2, 0.25) is 0 Å². The lowest BCUT2D eigenvalue weighted by atomic mass is 10.1. The zero-order valence-corrected chi connectivity index (χ0v) is 15.7. The molecule has 2 N–H and O–H groups in total. The van der Waals surface area contributed by atoms with Crippen molar-refractivity contribution in [2.75, 3.05) is 10.6 Å². The first kappa shape index (κ1) is 22.1. The van der Waals surface area contributed by atoms with E-state index in [0.717, 1.165) is 5.56 Å². The van der Waals surface area contributed by atoms with Gasteiger partial charge in [0.05, 0.1) is 16.7 Å². The minimum absolute atomic E-state index is 0.000124. The van der Waals surface area contributed by atoms with Crippen LogP contribution in [0.25, 0.3) is 0 Å². The number of nitrogens with zero attached hydrogens (tertiary/aromatic N) is 1. The van der Waals surface area contributed by atoms with Crippen LogP contribution in [0.4, 0.5) is 37.7 Å². The summed E-state index contributed by atoms with van der Waals surface area (Å²) < 4.78 is 78.2. The second kappa shape index (κ2) is 8.66. The zero-order chi connectivity index (χ0) is 22.6. The maximum absolute atomic E-state index is 13.0. The van der Waals surface area contributed by atoms with E-state index in [1.807, 2.05) is 0 Å². The lowest BCUT2D eigenvalue weighted by Gasteiger charge is -2.16. The fourth-order valence-corrected chi connectivity index (χ4v) is 2.76. The highest BCUT2D eigenvalue weighted by Crippen LogP contribution is 2.37. The maximum Gasteiger partial charge on any atom is 0.416 e. The summed E-state index contributed by atoms with van der Waals surface area (Å²) in [5.74, 6) is -0.856. The molecule has 0 saturated carbocycles. The van der Waals surface area contributed by atoms with Gasteiger partial charge in [0.1, 0.15) is 0 Å². The topological polar surface area (TPSA) is 54.0 Å². The number of para-hydroxylation sites is 1. The summed E-state index contributed by atoms with van der Waals surface area (Å²) in [6.07, 6.45) is -6.85. The highest BCUT2D eigenvalue weighted by atomic mass is 19.4. The summed E-state index contributed by atoms with van der Waals surface area (Å²) in [6.45, 7) is 0.328. The Labute approximate surface area is 172 Å². The van der Waals surface area contributed by atoms with Crippen molar-refractivity contribution in [2.24, 2.45) is 0 Å². The van der Waals surface area contributed by atoms with Gasteiger partial charge in [-0.2, -0.15) is 26.3 Å². The molecule has 0 aliphatic rings. The van der Waals surface area contributed by atoms with Crippen molar-refractivity contribution in [3.8, 4) is 0 Å². The molecule has 1 heterocycles. The molecule has 4 nitrogen and oxygen atoms in total. The number of hydrogen-bond donors (Lipinski definition) is 2. The molecule has 1 amide bonds. The number of anilines is 2. The quantitative estimate of drug-likeness (QED) is 0.481. The Morgan fingerprint density at radius 2 is 1.42 bits per heavy atom. The summed E-state index contributed by atoms with van der Waals surface area (Å²) in [5, 5.41) is 5.15. The monoisotopic (exact) mass is 439 g/mol. The van der Waals surface area contributed by atoms with E-state index < -0.39 is 35.1 Å². The Hall–Kier alpha value is -3.56. The van der Waals surface area contributed by atoms with Gasteiger partial charge >= 0.3 is 12.4 Å². The molecule has 0 radical (unpaired) electrons. The number of carbonyl (C=O) groups excluding carboxylic acids is 1. The van der Waals surface area contributed by atoms with Crippen LogP contribution in [-0.2, 0) is 18.9 Å². The maximum atomic E-state index is 13.0. The molecule has 162 valence electrons. The molecule has 0 unspecified atom stereocenters. The van der Waals surface area contributed by atoms with E-state index in [2.05, 4.69) is 15.6 Å². The van der Waals surface area contributed by atoms with Gasteiger partial charge < -0.3 is 10.6 Å². The average molecular weight is 439 g/mol. The largest absolute Gasteiger partial charge is 0.416 e. The first-order valence-corrected chi connectivity index (χ1v) is 8.86. The smallest absolute Gasteiger partial charge is 0.380 e. The predicted octanol–water partition coefficient (Wildman–Crippen LogP) is 5.98. The minimum atomic E-state index is -5.01. The number of alkyl halides is 6. The summed E-state index contributed by atoms with van der Waals surface area (Å²) in [7, 11) is 0. The van der Waals surface area contributed by atoms with Crippen LogP contribution in [0.2, 0.25) is 0 Å². The van der Waals surface area contributed by atoms with E-state index in [1.165, 1.54) is 12.1 Å². The van der Waals surface area contributed by atoms with E-state index in [4.69, 9.17) is 0 Å². The van der Waals surface area contributed by atoms with Crippen molar-refractivity contribution < 1.29 is 31.1 Å². The molecule has 0 spiro atoms. The first-order chi connectivity index (χ1) is 14.5. The van der Waals surface area contributed by atoms with E-state index in [1.54, 1.807) is 36.7 Å². The normalized spacial score (nSPS) is 11.8. The highest BCUT2D eigenvalue weighted by molar-refractivity contribution is 6.08. The summed E-state index contributed by atoms with van der Waals surface area (Å²) in [6, 6.07) is 10.6. The van der Waals surface area contributed by atoms with Gasteiger partial charge in [-0.3, -0.25) is 9.78 Å². The van der Waals surface area contributed by atoms with Crippen LogP contribution in [0.5, 0.6) is 0 Å². The van der Waals surface area contributed by atoms with E-state index >= 15 is 0 Å².